The Kier molecular flexibility index (Phi) is 4.23. The van der Waals surface area contributed by atoms with Gasteiger partial charge in [0.05, 0.1) is 5.56 Å². The molecule has 5 nitrogen and oxygen atoms in total. The number of carbonyl (C=O) groups is 2. The predicted molar refractivity (Wildman–Crippen MR) is 80.1 cm³/mol. The first kappa shape index (κ1) is 15.0. The smallest absolute Gasteiger partial charge is 0.335 e. The van der Waals surface area contributed by atoms with Crippen LogP contribution in [-0.4, -0.2) is 29.0 Å². The number of carbonyl (C=O) groups excluding carboxylic acids is 1. The number of hydrogen-bond donors (Lipinski definition) is 1. The minimum absolute atomic E-state index is 0.169. The average Bonchev–Trinajstić information content (AvgIpc) is 2.44. The molecule has 2 rings (SSSR count). The number of amides is 1. The van der Waals surface area contributed by atoms with E-state index in [1.165, 1.54) is 23.1 Å². The minimum Gasteiger partial charge on any atom is -0.478 e. The van der Waals surface area contributed by atoms with Crippen molar-refractivity contribution in [3.8, 4) is 0 Å². The van der Waals surface area contributed by atoms with Gasteiger partial charge in [-0.2, -0.15) is 0 Å². The Morgan fingerprint density at radius 1 is 1.14 bits per heavy atom. The second kappa shape index (κ2) is 5.93. The van der Waals surface area contributed by atoms with Crippen molar-refractivity contribution in [3.63, 3.8) is 0 Å². The topological polar surface area (TPSA) is 70.5 Å². The second-order valence-corrected chi connectivity index (χ2v) is 4.92. The molecule has 2 aromatic rings. The summed E-state index contributed by atoms with van der Waals surface area (Å²) in [5.41, 5.74) is 1.84. The number of anilines is 1. The van der Waals surface area contributed by atoms with Gasteiger partial charge in [0.1, 0.15) is 5.15 Å². The summed E-state index contributed by atoms with van der Waals surface area (Å²) in [6.07, 6.45) is 0. The summed E-state index contributed by atoms with van der Waals surface area (Å²) >= 11 is 5.85. The molecule has 1 amide bonds. The maximum absolute atomic E-state index is 12.4. The minimum atomic E-state index is -1.01. The number of carboxylic acid groups (broad SMARTS) is 1. The lowest BCUT2D eigenvalue weighted by molar-refractivity contribution is 0.0696. The monoisotopic (exact) mass is 304 g/mol. The fourth-order valence-corrected chi connectivity index (χ4v) is 2.14. The highest BCUT2D eigenvalue weighted by atomic mass is 35.5. The van der Waals surface area contributed by atoms with Crippen molar-refractivity contribution in [2.45, 2.75) is 6.92 Å². The van der Waals surface area contributed by atoms with Gasteiger partial charge in [0.25, 0.3) is 5.91 Å². The number of benzene rings is 1. The number of carboxylic acids is 1. The molecule has 0 aliphatic rings. The van der Waals surface area contributed by atoms with Crippen molar-refractivity contribution in [3.05, 3.63) is 58.4 Å². The normalized spacial score (nSPS) is 10.2. The SMILES string of the molecule is Cc1cc(C(=O)N(C)c2ccc(C(=O)O)cc2)cc(Cl)n1. The van der Waals surface area contributed by atoms with E-state index < -0.39 is 5.97 Å². The Bertz CT molecular complexity index is 678. The fraction of sp³-hybridized carbons (Fsp3) is 0.133. The predicted octanol–water partition coefficient (Wildman–Crippen LogP) is 3.02. The van der Waals surface area contributed by atoms with Gasteiger partial charge in [-0.1, -0.05) is 11.6 Å². The van der Waals surface area contributed by atoms with Crippen LogP contribution in [0.1, 0.15) is 26.4 Å². The Morgan fingerprint density at radius 3 is 2.29 bits per heavy atom. The molecule has 0 unspecified atom stereocenters. The summed E-state index contributed by atoms with van der Waals surface area (Å²) in [6.45, 7) is 1.75. The zero-order valence-corrected chi connectivity index (χ0v) is 12.3. The highest BCUT2D eigenvalue weighted by Gasteiger charge is 2.15. The lowest BCUT2D eigenvalue weighted by Crippen LogP contribution is -2.26. The first-order valence-corrected chi connectivity index (χ1v) is 6.52. The van der Waals surface area contributed by atoms with E-state index in [-0.39, 0.29) is 16.6 Å². The molecule has 0 bridgehead atoms. The van der Waals surface area contributed by atoms with E-state index in [1.54, 1.807) is 32.2 Å². The molecular weight excluding hydrogens is 292 g/mol. The highest BCUT2D eigenvalue weighted by molar-refractivity contribution is 6.29. The number of aromatic carboxylic acids is 1. The Balaban J connectivity index is 2.28. The molecule has 0 spiro atoms. The molecule has 0 aliphatic heterocycles. The summed E-state index contributed by atoms with van der Waals surface area (Å²) in [7, 11) is 1.61. The van der Waals surface area contributed by atoms with Gasteiger partial charge < -0.3 is 10.0 Å². The first-order valence-electron chi connectivity index (χ1n) is 6.14. The third-order valence-electron chi connectivity index (χ3n) is 2.98. The van der Waals surface area contributed by atoms with Crippen LogP contribution in [-0.2, 0) is 0 Å². The molecule has 1 aromatic heterocycles. The van der Waals surface area contributed by atoms with Crippen molar-refractivity contribution in [2.75, 3.05) is 11.9 Å². The largest absolute Gasteiger partial charge is 0.478 e. The van der Waals surface area contributed by atoms with Crippen LogP contribution >= 0.6 is 11.6 Å². The zero-order chi connectivity index (χ0) is 15.6. The van der Waals surface area contributed by atoms with Gasteiger partial charge >= 0.3 is 5.97 Å². The molecule has 108 valence electrons. The number of pyridine rings is 1. The van der Waals surface area contributed by atoms with Gasteiger partial charge in [-0.15, -0.1) is 0 Å². The van der Waals surface area contributed by atoms with E-state index >= 15 is 0 Å². The molecule has 1 aromatic carbocycles. The van der Waals surface area contributed by atoms with Crippen LogP contribution in [0.4, 0.5) is 5.69 Å². The van der Waals surface area contributed by atoms with Gasteiger partial charge in [0, 0.05) is 24.0 Å². The van der Waals surface area contributed by atoms with Gasteiger partial charge in [-0.3, -0.25) is 4.79 Å². The molecule has 0 radical (unpaired) electrons. The molecule has 6 heteroatoms. The molecule has 0 fully saturated rings. The third kappa shape index (κ3) is 3.38. The molecule has 0 saturated heterocycles. The second-order valence-electron chi connectivity index (χ2n) is 4.54. The third-order valence-corrected chi connectivity index (χ3v) is 3.17. The van der Waals surface area contributed by atoms with Crippen LogP contribution in [0, 0.1) is 6.92 Å². The van der Waals surface area contributed by atoms with Crippen LogP contribution in [0.15, 0.2) is 36.4 Å². The number of halogens is 1. The van der Waals surface area contributed by atoms with Gasteiger partial charge in [-0.25, -0.2) is 9.78 Å². The fourth-order valence-electron chi connectivity index (χ4n) is 1.89. The Morgan fingerprint density at radius 2 is 1.76 bits per heavy atom. The van der Waals surface area contributed by atoms with Crippen LogP contribution in [0.5, 0.6) is 0 Å². The maximum atomic E-state index is 12.4. The van der Waals surface area contributed by atoms with E-state index in [0.717, 1.165) is 0 Å². The van der Waals surface area contributed by atoms with Crippen LogP contribution < -0.4 is 4.90 Å². The van der Waals surface area contributed by atoms with E-state index in [4.69, 9.17) is 16.7 Å². The van der Waals surface area contributed by atoms with Crippen LogP contribution in [0.25, 0.3) is 0 Å². The molecule has 0 aliphatic carbocycles. The molecule has 1 N–H and O–H groups in total. The summed E-state index contributed by atoms with van der Waals surface area (Å²) in [6, 6.07) is 9.21. The van der Waals surface area contributed by atoms with E-state index in [1.807, 2.05) is 0 Å². The number of aromatic nitrogens is 1. The van der Waals surface area contributed by atoms with E-state index in [9.17, 15) is 9.59 Å². The molecule has 21 heavy (non-hydrogen) atoms. The van der Waals surface area contributed by atoms with Crippen molar-refractivity contribution in [2.24, 2.45) is 0 Å². The average molecular weight is 305 g/mol. The lowest BCUT2D eigenvalue weighted by Gasteiger charge is -2.18. The Labute approximate surface area is 126 Å². The van der Waals surface area contributed by atoms with Gasteiger partial charge in [0.15, 0.2) is 0 Å². The number of nitrogens with zero attached hydrogens (tertiary/aromatic N) is 2. The van der Waals surface area contributed by atoms with Crippen LogP contribution in [0.2, 0.25) is 5.15 Å². The molecule has 1 heterocycles. The highest BCUT2D eigenvalue weighted by Crippen LogP contribution is 2.18. The number of hydrogen-bond acceptors (Lipinski definition) is 3. The summed E-state index contributed by atoms with van der Waals surface area (Å²) < 4.78 is 0. The summed E-state index contributed by atoms with van der Waals surface area (Å²) in [5, 5.41) is 9.12. The quantitative estimate of drug-likeness (QED) is 0.885. The van der Waals surface area contributed by atoms with E-state index in [0.29, 0.717) is 16.9 Å². The zero-order valence-electron chi connectivity index (χ0n) is 11.5. The maximum Gasteiger partial charge on any atom is 0.335 e. The first-order chi connectivity index (χ1) is 9.88. The number of aryl methyl sites for hydroxylation is 1. The van der Waals surface area contributed by atoms with Crippen molar-refractivity contribution in [1.82, 2.24) is 4.98 Å². The summed E-state index contributed by atoms with van der Waals surface area (Å²) in [4.78, 5) is 28.6. The molecule has 0 atom stereocenters. The standard InChI is InChI=1S/C15H13ClN2O3/c1-9-7-11(8-13(16)17-9)14(19)18(2)12-5-3-10(4-6-12)15(20)21/h3-8H,1-2H3,(H,20,21). The Hall–Kier alpha value is -2.40. The van der Waals surface area contributed by atoms with Crippen molar-refractivity contribution >= 4 is 29.2 Å². The molecule has 0 saturated carbocycles. The molecular formula is C15H13ClN2O3. The van der Waals surface area contributed by atoms with E-state index in [2.05, 4.69) is 4.98 Å². The van der Waals surface area contributed by atoms with Gasteiger partial charge in [-0.05, 0) is 43.3 Å². The lowest BCUT2D eigenvalue weighted by atomic mass is 10.1. The van der Waals surface area contributed by atoms with Crippen LogP contribution in [0.3, 0.4) is 0 Å². The van der Waals surface area contributed by atoms with Crippen molar-refractivity contribution < 1.29 is 14.7 Å². The number of rotatable bonds is 3. The van der Waals surface area contributed by atoms with Gasteiger partial charge in [0.2, 0.25) is 0 Å². The van der Waals surface area contributed by atoms with Crippen molar-refractivity contribution in [1.29, 1.82) is 0 Å². The summed E-state index contributed by atoms with van der Waals surface area (Å²) in [5.74, 6) is -1.25.